The number of alkyl halides is 2. The molecule has 1 aromatic heterocycles. The maximum Gasteiger partial charge on any atom is 0.333 e. The van der Waals surface area contributed by atoms with Crippen LogP contribution in [0.4, 0.5) is 14.5 Å². The van der Waals surface area contributed by atoms with Gasteiger partial charge < -0.3 is 10.4 Å². The van der Waals surface area contributed by atoms with Gasteiger partial charge in [0.05, 0.1) is 16.8 Å². The van der Waals surface area contributed by atoms with Gasteiger partial charge in [-0.25, -0.2) is 13.1 Å². The number of hydrogen-bond donors (Lipinski definition) is 2. The van der Waals surface area contributed by atoms with E-state index in [1.807, 2.05) is 0 Å². The monoisotopic (exact) mass is 429 g/mol. The van der Waals surface area contributed by atoms with E-state index in [1.54, 1.807) is 0 Å². The Labute approximate surface area is 163 Å². The molecule has 0 aliphatic carbocycles. The first-order valence-corrected chi connectivity index (χ1v) is 10.1. The molecule has 1 amide bonds. The molecule has 0 spiro atoms. The van der Waals surface area contributed by atoms with Gasteiger partial charge in [-0.15, -0.1) is 0 Å². The molecule has 0 saturated carbocycles. The molecule has 0 aliphatic rings. The number of carbonyl (C=O) groups is 1. The van der Waals surface area contributed by atoms with Gasteiger partial charge in [0.15, 0.2) is 9.84 Å². The van der Waals surface area contributed by atoms with Crippen LogP contribution in [-0.2, 0) is 21.1 Å². The van der Waals surface area contributed by atoms with Crippen LogP contribution in [0.5, 0.6) is 5.75 Å². The zero-order valence-electron chi connectivity index (χ0n) is 14.4. The Morgan fingerprint density at radius 2 is 2.04 bits per heavy atom. The van der Waals surface area contributed by atoms with Crippen LogP contribution >= 0.6 is 11.6 Å². The third-order valence-electron chi connectivity index (χ3n) is 3.88. The van der Waals surface area contributed by atoms with Gasteiger partial charge >= 0.3 is 6.55 Å². The summed E-state index contributed by atoms with van der Waals surface area (Å²) in [7, 11) is -3.77. The van der Waals surface area contributed by atoms with Crippen molar-refractivity contribution in [2.45, 2.75) is 17.9 Å². The standard InChI is InChI=1S/C17H14ClF2N3O4S/c1-28(26,27)15-6-10(5-14-12(15)8-23(22-14)17(19)20)21-16(25)4-9-2-3-11(24)7-13(9)18/h2-3,5-8,17,24H,4H2,1H3,(H,21,25). The average Bonchev–Trinajstić information content (AvgIpc) is 3.00. The van der Waals surface area contributed by atoms with Crippen LogP contribution in [0.2, 0.25) is 5.02 Å². The molecule has 0 bridgehead atoms. The highest BCUT2D eigenvalue weighted by atomic mass is 35.5. The molecule has 7 nitrogen and oxygen atoms in total. The Kier molecular flexibility index (Phi) is 5.26. The van der Waals surface area contributed by atoms with E-state index in [4.69, 9.17) is 11.6 Å². The molecular formula is C17H14ClF2N3O4S. The number of rotatable bonds is 5. The quantitative estimate of drug-likeness (QED) is 0.647. The second-order valence-corrected chi connectivity index (χ2v) is 8.46. The summed E-state index contributed by atoms with van der Waals surface area (Å²) >= 11 is 5.97. The van der Waals surface area contributed by atoms with Gasteiger partial charge in [0.1, 0.15) is 5.75 Å². The molecule has 0 fully saturated rings. The first-order chi connectivity index (χ1) is 13.0. The van der Waals surface area contributed by atoms with Gasteiger partial charge in [0.25, 0.3) is 0 Å². The number of nitrogens with one attached hydrogen (secondary N) is 1. The van der Waals surface area contributed by atoms with Crippen molar-refractivity contribution in [1.82, 2.24) is 9.78 Å². The molecule has 148 valence electrons. The summed E-state index contributed by atoms with van der Waals surface area (Å²) in [5.41, 5.74) is 0.539. The number of aromatic nitrogens is 2. The van der Waals surface area contributed by atoms with Crippen molar-refractivity contribution in [3.8, 4) is 5.75 Å². The van der Waals surface area contributed by atoms with E-state index < -0.39 is 22.3 Å². The van der Waals surface area contributed by atoms with Gasteiger partial charge in [-0.05, 0) is 29.8 Å². The van der Waals surface area contributed by atoms with Crippen LogP contribution in [0.1, 0.15) is 12.1 Å². The molecule has 2 aromatic carbocycles. The lowest BCUT2D eigenvalue weighted by Gasteiger charge is -2.09. The number of nitrogens with zero attached hydrogens (tertiary/aromatic N) is 2. The number of phenolic OH excluding ortho intramolecular Hbond substituents is 1. The number of carbonyl (C=O) groups excluding carboxylic acids is 1. The van der Waals surface area contributed by atoms with Crippen LogP contribution in [0.15, 0.2) is 41.4 Å². The molecular weight excluding hydrogens is 416 g/mol. The van der Waals surface area contributed by atoms with Crippen LogP contribution in [0.3, 0.4) is 0 Å². The van der Waals surface area contributed by atoms with Crippen molar-refractivity contribution >= 4 is 43.9 Å². The van der Waals surface area contributed by atoms with Crippen molar-refractivity contribution in [3.05, 3.63) is 47.1 Å². The van der Waals surface area contributed by atoms with E-state index in [0.29, 0.717) is 10.2 Å². The van der Waals surface area contributed by atoms with Crippen molar-refractivity contribution < 1.29 is 27.1 Å². The van der Waals surface area contributed by atoms with Gasteiger partial charge in [-0.2, -0.15) is 13.9 Å². The van der Waals surface area contributed by atoms with Crippen LogP contribution < -0.4 is 5.32 Å². The summed E-state index contributed by atoms with van der Waals surface area (Å²) in [4.78, 5) is 12.1. The van der Waals surface area contributed by atoms with Gasteiger partial charge in [0, 0.05) is 28.5 Å². The minimum absolute atomic E-state index is 0.00110. The smallest absolute Gasteiger partial charge is 0.333 e. The Morgan fingerprint density at radius 3 is 2.64 bits per heavy atom. The van der Waals surface area contributed by atoms with Gasteiger partial charge in [-0.1, -0.05) is 17.7 Å². The molecule has 0 unspecified atom stereocenters. The van der Waals surface area contributed by atoms with Crippen LogP contribution in [-0.4, -0.2) is 35.5 Å². The van der Waals surface area contributed by atoms with Crippen LogP contribution in [0, 0.1) is 0 Å². The number of hydrogen-bond acceptors (Lipinski definition) is 5. The molecule has 3 aromatic rings. The van der Waals surface area contributed by atoms with E-state index in [0.717, 1.165) is 12.5 Å². The van der Waals surface area contributed by atoms with Gasteiger partial charge in [-0.3, -0.25) is 4.79 Å². The minimum atomic E-state index is -3.77. The predicted octanol–water partition coefficient (Wildman–Crippen LogP) is 3.38. The third kappa shape index (κ3) is 4.23. The normalized spacial score (nSPS) is 11.9. The van der Waals surface area contributed by atoms with Crippen molar-refractivity contribution in [1.29, 1.82) is 0 Å². The fourth-order valence-corrected chi connectivity index (χ4v) is 3.79. The summed E-state index contributed by atoms with van der Waals surface area (Å²) in [6, 6.07) is 6.63. The number of anilines is 1. The van der Waals surface area contributed by atoms with Gasteiger partial charge in [0.2, 0.25) is 5.91 Å². The van der Waals surface area contributed by atoms with Crippen molar-refractivity contribution in [2.75, 3.05) is 11.6 Å². The highest BCUT2D eigenvalue weighted by molar-refractivity contribution is 7.91. The zero-order valence-corrected chi connectivity index (χ0v) is 15.9. The lowest BCUT2D eigenvalue weighted by atomic mass is 10.1. The Morgan fingerprint density at radius 1 is 1.32 bits per heavy atom. The van der Waals surface area contributed by atoms with E-state index in [-0.39, 0.29) is 38.7 Å². The molecule has 28 heavy (non-hydrogen) atoms. The molecule has 0 aliphatic heterocycles. The summed E-state index contributed by atoms with van der Waals surface area (Å²) in [6.07, 6.45) is 1.73. The first kappa shape index (κ1) is 20.0. The maximum absolute atomic E-state index is 12.9. The second kappa shape index (κ2) is 7.36. The van der Waals surface area contributed by atoms with E-state index in [2.05, 4.69) is 10.4 Å². The lowest BCUT2D eigenvalue weighted by molar-refractivity contribution is -0.115. The highest BCUT2D eigenvalue weighted by Gasteiger charge is 2.19. The second-order valence-electron chi connectivity index (χ2n) is 6.07. The SMILES string of the molecule is CS(=O)(=O)c1cc(NC(=O)Cc2ccc(O)cc2Cl)cc2nn(C(F)F)cc12. The molecule has 0 atom stereocenters. The maximum atomic E-state index is 12.9. The molecule has 1 heterocycles. The number of phenols is 1. The average molecular weight is 430 g/mol. The lowest BCUT2D eigenvalue weighted by Crippen LogP contribution is -2.15. The van der Waals surface area contributed by atoms with Crippen LogP contribution in [0.25, 0.3) is 10.9 Å². The number of fused-ring (bicyclic) bond motifs is 1. The number of sulfone groups is 1. The molecule has 0 radical (unpaired) electrons. The molecule has 11 heteroatoms. The Bertz CT molecular complexity index is 1180. The fourth-order valence-electron chi connectivity index (χ4n) is 2.65. The summed E-state index contributed by atoms with van der Waals surface area (Å²) < 4.78 is 50.3. The molecule has 0 saturated heterocycles. The Hall–Kier alpha value is -2.72. The summed E-state index contributed by atoms with van der Waals surface area (Å²) in [6.45, 7) is -2.94. The van der Waals surface area contributed by atoms with E-state index >= 15 is 0 Å². The zero-order chi connectivity index (χ0) is 20.6. The first-order valence-electron chi connectivity index (χ1n) is 7.83. The summed E-state index contributed by atoms with van der Waals surface area (Å²) in [5.74, 6) is -0.563. The number of amides is 1. The molecule has 3 rings (SSSR count). The van der Waals surface area contributed by atoms with Crippen molar-refractivity contribution in [2.24, 2.45) is 0 Å². The highest BCUT2D eigenvalue weighted by Crippen LogP contribution is 2.29. The van der Waals surface area contributed by atoms with Crippen molar-refractivity contribution in [3.63, 3.8) is 0 Å². The predicted molar refractivity (Wildman–Crippen MR) is 99.5 cm³/mol. The number of halogens is 3. The topological polar surface area (TPSA) is 101 Å². The molecule has 2 N–H and O–H groups in total. The summed E-state index contributed by atoms with van der Waals surface area (Å²) in [5, 5.41) is 15.8. The number of benzene rings is 2. The Balaban J connectivity index is 1.95. The fraction of sp³-hybridized carbons (Fsp3) is 0.176. The van der Waals surface area contributed by atoms with E-state index in [9.17, 15) is 27.1 Å². The largest absolute Gasteiger partial charge is 0.508 e. The minimum Gasteiger partial charge on any atom is -0.508 e. The number of aromatic hydroxyl groups is 1. The third-order valence-corrected chi connectivity index (χ3v) is 5.36. The van der Waals surface area contributed by atoms with E-state index in [1.165, 1.54) is 30.3 Å².